The maximum Gasteiger partial charge on any atom is 0.330 e. The molecule has 0 saturated carbocycles. The summed E-state index contributed by atoms with van der Waals surface area (Å²) in [5.41, 5.74) is 2.45. The van der Waals surface area contributed by atoms with Gasteiger partial charge >= 0.3 is 5.69 Å². The third kappa shape index (κ3) is 4.20. The van der Waals surface area contributed by atoms with Crippen molar-refractivity contribution in [3.05, 3.63) is 116 Å². The smallest absolute Gasteiger partial charge is 0.330 e. The van der Waals surface area contributed by atoms with Crippen LogP contribution < -0.4 is 11.2 Å². The van der Waals surface area contributed by atoms with Crippen molar-refractivity contribution >= 4 is 10.8 Å². The molecule has 3 aromatic carbocycles. The summed E-state index contributed by atoms with van der Waals surface area (Å²) in [4.78, 5) is 27.1. The Hall–Kier alpha value is -3.44. The average Bonchev–Trinajstić information content (AvgIpc) is 2.74. The quantitative estimate of drug-likeness (QED) is 0.549. The minimum atomic E-state index is -0.454. The molecule has 0 bridgehead atoms. The maximum absolute atomic E-state index is 12.5. The first-order chi connectivity index (χ1) is 14.1. The van der Waals surface area contributed by atoms with Crippen molar-refractivity contribution in [3.8, 4) is 0 Å². The Morgan fingerprint density at radius 2 is 1.59 bits per heavy atom. The molecule has 1 N–H and O–H groups in total. The molecular weight excluding hydrogens is 364 g/mol. The first kappa shape index (κ1) is 18.9. The van der Waals surface area contributed by atoms with E-state index in [4.69, 9.17) is 4.74 Å². The van der Waals surface area contributed by atoms with Crippen LogP contribution in [0.2, 0.25) is 0 Å². The Kier molecular flexibility index (Phi) is 5.40. The first-order valence-electron chi connectivity index (χ1n) is 9.54. The first-order valence-corrected chi connectivity index (χ1v) is 9.54. The van der Waals surface area contributed by atoms with E-state index in [-0.39, 0.29) is 12.3 Å². The molecule has 0 spiro atoms. The third-order valence-corrected chi connectivity index (χ3v) is 5.08. The van der Waals surface area contributed by atoms with E-state index in [9.17, 15) is 9.59 Å². The van der Waals surface area contributed by atoms with Crippen LogP contribution in [0.4, 0.5) is 0 Å². The van der Waals surface area contributed by atoms with Crippen molar-refractivity contribution in [1.29, 1.82) is 0 Å². The summed E-state index contributed by atoms with van der Waals surface area (Å²) in [5, 5.41) is 2.28. The average molecular weight is 386 g/mol. The van der Waals surface area contributed by atoms with E-state index in [1.807, 2.05) is 48.5 Å². The molecule has 146 valence electrons. The number of rotatable bonds is 6. The lowest BCUT2D eigenvalue weighted by Gasteiger charge is -2.15. The van der Waals surface area contributed by atoms with E-state index in [1.54, 1.807) is 6.92 Å². The van der Waals surface area contributed by atoms with E-state index >= 15 is 0 Å². The SMILES string of the molecule is Cc1c(Cc2ccc3ccccc3c2)n(COCc2ccccc2)c(=O)[nH]c1=O. The van der Waals surface area contributed by atoms with Crippen molar-refractivity contribution in [2.75, 3.05) is 0 Å². The lowest BCUT2D eigenvalue weighted by Crippen LogP contribution is -2.35. The highest BCUT2D eigenvalue weighted by atomic mass is 16.5. The van der Waals surface area contributed by atoms with Crippen molar-refractivity contribution in [3.63, 3.8) is 0 Å². The molecule has 0 aliphatic carbocycles. The highest BCUT2D eigenvalue weighted by Crippen LogP contribution is 2.18. The summed E-state index contributed by atoms with van der Waals surface area (Å²) in [5.74, 6) is 0. The molecule has 0 atom stereocenters. The summed E-state index contributed by atoms with van der Waals surface area (Å²) in [6.45, 7) is 2.21. The molecule has 4 aromatic rings. The zero-order valence-corrected chi connectivity index (χ0v) is 16.2. The summed E-state index contributed by atoms with van der Waals surface area (Å²) in [7, 11) is 0. The summed E-state index contributed by atoms with van der Waals surface area (Å²) in [6.07, 6.45) is 0.477. The molecule has 5 nitrogen and oxygen atoms in total. The lowest BCUT2D eigenvalue weighted by atomic mass is 10.0. The topological polar surface area (TPSA) is 64.1 Å². The second kappa shape index (κ2) is 8.29. The molecule has 0 unspecified atom stereocenters. The summed E-state index contributed by atoms with van der Waals surface area (Å²) >= 11 is 0. The van der Waals surface area contributed by atoms with Crippen LogP contribution in [-0.2, 0) is 24.5 Å². The number of hydrogen-bond acceptors (Lipinski definition) is 3. The van der Waals surface area contributed by atoms with E-state index in [0.717, 1.165) is 21.9 Å². The fourth-order valence-corrected chi connectivity index (χ4v) is 3.45. The molecule has 1 heterocycles. The molecule has 5 heteroatoms. The molecule has 0 aliphatic rings. The second-order valence-electron chi connectivity index (χ2n) is 7.08. The monoisotopic (exact) mass is 386 g/mol. The van der Waals surface area contributed by atoms with Gasteiger partial charge in [0.2, 0.25) is 0 Å². The van der Waals surface area contributed by atoms with Gasteiger partial charge in [-0.3, -0.25) is 14.3 Å². The molecule has 0 amide bonds. The maximum atomic E-state index is 12.5. The van der Waals surface area contributed by atoms with E-state index in [1.165, 1.54) is 4.57 Å². The number of aromatic nitrogens is 2. The molecular formula is C24H22N2O3. The van der Waals surface area contributed by atoms with Gasteiger partial charge in [0.1, 0.15) is 6.73 Å². The van der Waals surface area contributed by atoms with Gasteiger partial charge in [-0.15, -0.1) is 0 Å². The van der Waals surface area contributed by atoms with Gasteiger partial charge in [-0.1, -0.05) is 72.8 Å². The molecule has 1 aromatic heterocycles. The van der Waals surface area contributed by atoms with Crippen LogP contribution in [0.15, 0.2) is 82.4 Å². The zero-order chi connectivity index (χ0) is 20.2. The largest absolute Gasteiger partial charge is 0.356 e. The Morgan fingerprint density at radius 3 is 2.38 bits per heavy atom. The minimum Gasteiger partial charge on any atom is -0.356 e. The van der Waals surface area contributed by atoms with E-state index < -0.39 is 5.69 Å². The normalized spacial score (nSPS) is 11.1. The van der Waals surface area contributed by atoms with Crippen molar-refractivity contribution in [2.45, 2.75) is 26.7 Å². The molecule has 0 radical (unpaired) electrons. The van der Waals surface area contributed by atoms with Gasteiger partial charge in [-0.25, -0.2) is 4.79 Å². The highest BCUT2D eigenvalue weighted by Gasteiger charge is 2.13. The second-order valence-corrected chi connectivity index (χ2v) is 7.08. The van der Waals surface area contributed by atoms with Gasteiger partial charge in [0.25, 0.3) is 5.56 Å². The molecule has 4 rings (SSSR count). The van der Waals surface area contributed by atoms with Crippen molar-refractivity contribution in [1.82, 2.24) is 9.55 Å². The zero-order valence-electron chi connectivity index (χ0n) is 16.2. The number of nitrogens with zero attached hydrogens (tertiary/aromatic N) is 1. The predicted octanol–water partition coefficient (Wildman–Crippen LogP) is 3.76. The number of benzene rings is 3. The van der Waals surface area contributed by atoms with Crippen LogP contribution >= 0.6 is 0 Å². The Bertz CT molecular complexity index is 1260. The standard InChI is InChI=1S/C24H22N2O3/c1-17-22(14-19-11-12-20-9-5-6-10-21(20)13-19)26(24(28)25-23(17)27)16-29-15-18-7-3-2-4-8-18/h2-13H,14-16H2,1H3,(H,25,27,28). The summed E-state index contributed by atoms with van der Waals surface area (Å²) < 4.78 is 7.28. The number of aromatic amines is 1. The Morgan fingerprint density at radius 1 is 0.862 bits per heavy atom. The van der Waals surface area contributed by atoms with Gasteiger partial charge in [-0.05, 0) is 28.8 Å². The van der Waals surface area contributed by atoms with Crippen LogP contribution in [0.1, 0.15) is 22.4 Å². The number of fused-ring (bicyclic) bond motifs is 1. The summed E-state index contributed by atoms with van der Waals surface area (Å²) in [6, 6.07) is 24.1. The van der Waals surface area contributed by atoms with Gasteiger partial charge in [0, 0.05) is 17.7 Å². The van der Waals surface area contributed by atoms with Crippen LogP contribution in [0.5, 0.6) is 0 Å². The highest BCUT2D eigenvalue weighted by molar-refractivity contribution is 5.83. The van der Waals surface area contributed by atoms with Gasteiger partial charge in [-0.2, -0.15) is 0 Å². The lowest BCUT2D eigenvalue weighted by molar-refractivity contribution is 0.0590. The number of H-pyrrole nitrogens is 1. The third-order valence-electron chi connectivity index (χ3n) is 5.08. The molecule has 29 heavy (non-hydrogen) atoms. The van der Waals surface area contributed by atoms with Crippen molar-refractivity contribution in [2.24, 2.45) is 0 Å². The van der Waals surface area contributed by atoms with Gasteiger partial charge in [0.15, 0.2) is 0 Å². The Balaban J connectivity index is 1.63. The van der Waals surface area contributed by atoms with Gasteiger partial charge in [0.05, 0.1) is 6.61 Å². The van der Waals surface area contributed by atoms with Crippen molar-refractivity contribution < 1.29 is 4.74 Å². The fourth-order valence-electron chi connectivity index (χ4n) is 3.45. The molecule has 0 fully saturated rings. The van der Waals surface area contributed by atoms with E-state index in [0.29, 0.717) is 24.3 Å². The van der Waals surface area contributed by atoms with Crippen LogP contribution in [0.25, 0.3) is 10.8 Å². The Labute approximate surface area is 168 Å². The number of hydrogen-bond donors (Lipinski definition) is 1. The van der Waals surface area contributed by atoms with Crippen LogP contribution in [0.3, 0.4) is 0 Å². The minimum absolute atomic E-state index is 0.0776. The van der Waals surface area contributed by atoms with E-state index in [2.05, 4.69) is 29.2 Å². The van der Waals surface area contributed by atoms with Crippen LogP contribution in [0, 0.1) is 6.92 Å². The predicted molar refractivity (Wildman–Crippen MR) is 114 cm³/mol. The number of nitrogens with one attached hydrogen (secondary N) is 1. The van der Waals surface area contributed by atoms with Crippen LogP contribution in [-0.4, -0.2) is 9.55 Å². The fraction of sp³-hybridized carbons (Fsp3) is 0.167. The van der Waals surface area contributed by atoms with Gasteiger partial charge < -0.3 is 4.74 Å². The number of ether oxygens (including phenoxy) is 1. The molecule has 0 saturated heterocycles. The molecule has 0 aliphatic heterocycles.